The van der Waals surface area contributed by atoms with E-state index in [1.165, 1.54) is 0 Å². The van der Waals surface area contributed by atoms with E-state index >= 15 is 0 Å². The molecule has 1 heterocycles. The number of morpholine rings is 1. The van der Waals surface area contributed by atoms with Crippen molar-refractivity contribution in [3.8, 4) is 0 Å². The van der Waals surface area contributed by atoms with Crippen LogP contribution in [0.3, 0.4) is 0 Å². The Morgan fingerprint density at radius 3 is 2.60 bits per heavy atom. The summed E-state index contributed by atoms with van der Waals surface area (Å²) in [5, 5.41) is 4.32. The molecular formula is C14H18Cl2N2O2. The third-order valence-corrected chi connectivity index (χ3v) is 4.03. The fraction of sp³-hybridized carbons (Fsp3) is 0.500. The first kappa shape index (κ1) is 15.4. The van der Waals surface area contributed by atoms with E-state index in [0.717, 1.165) is 5.56 Å². The molecule has 1 aliphatic heterocycles. The van der Waals surface area contributed by atoms with Gasteiger partial charge >= 0.3 is 0 Å². The van der Waals surface area contributed by atoms with Crippen LogP contribution in [0.2, 0.25) is 10.0 Å². The molecule has 1 aromatic rings. The average molecular weight is 317 g/mol. The van der Waals surface area contributed by atoms with Crippen molar-refractivity contribution in [3.05, 3.63) is 27.7 Å². The molecular weight excluding hydrogens is 299 g/mol. The van der Waals surface area contributed by atoms with E-state index in [-0.39, 0.29) is 11.9 Å². The molecule has 1 aliphatic rings. The van der Waals surface area contributed by atoms with Crippen LogP contribution < -0.4 is 5.32 Å². The Kier molecular flexibility index (Phi) is 5.13. The molecule has 6 heteroatoms. The summed E-state index contributed by atoms with van der Waals surface area (Å²) in [7, 11) is 0. The summed E-state index contributed by atoms with van der Waals surface area (Å²) in [6, 6.07) is 3.19. The van der Waals surface area contributed by atoms with Gasteiger partial charge in [0.05, 0.1) is 23.9 Å². The highest BCUT2D eigenvalue weighted by Gasteiger charge is 2.22. The van der Waals surface area contributed by atoms with E-state index in [2.05, 4.69) is 5.32 Å². The summed E-state index contributed by atoms with van der Waals surface area (Å²) in [6.45, 7) is 6.16. The number of hydrogen-bond acceptors (Lipinski definition) is 3. The van der Waals surface area contributed by atoms with Crippen LogP contribution in [0.1, 0.15) is 12.5 Å². The summed E-state index contributed by atoms with van der Waals surface area (Å²) in [6.07, 6.45) is 0. The number of halogens is 2. The molecule has 110 valence electrons. The van der Waals surface area contributed by atoms with Gasteiger partial charge in [0.15, 0.2) is 0 Å². The molecule has 1 saturated heterocycles. The van der Waals surface area contributed by atoms with Gasteiger partial charge < -0.3 is 15.0 Å². The predicted molar refractivity (Wildman–Crippen MR) is 81.7 cm³/mol. The molecule has 2 rings (SSSR count). The Morgan fingerprint density at radius 2 is 1.95 bits per heavy atom. The summed E-state index contributed by atoms with van der Waals surface area (Å²) in [5.41, 5.74) is 1.59. The fourth-order valence-corrected chi connectivity index (χ4v) is 2.55. The molecule has 0 bridgehead atoms. The molecule has 0 saturated carbocycles. The molecule has 0 aromatic heterocycles. The number of ether oxygens (including phenoxy) is 1. The topological polar surface area (TPSA) is 41.6 Å². The maximum atomic E-state index is 12.3. The van der Waals surface area contributed by atoms with Gasteiger partial charge in [-0.05, 0) is 31.5 Å². The van der Waals surface area contributed by atoms with Gasteiger partial charge in [-0.2, -0.15) is 0 Å². The predicted octanol–water partition coefficient (Wildman–Crippen LogP) is 2.96. The Labute approximate surface area is 129 Å². The van der Waals surface area contributed by atoms with Crippen LogP contribution in [0.25, 0.3) is 0 Å². The summed E-state index contributed by atoms with van der Waals surface area (Å²) < 4.78 is 5.24. The number of nitrogens with one attached hydrogen (secondary N) is 1. The summed E-state index contributed by atoms with van der Waals surface area (Å²) in [5.74, 6) is 0.0427. The van der Waals surface area contributed by atoms with Crippen LogP contribution in [0.15, 0.2) is 12.1 Å². The SMILES string of the molecule is Cc1cc(Cl)c(NC(C)C(=O)N2CCOCC2)cc1Cl. The van der Waals surface area contributed by atoms with E-state index in [1.54, 1.807) is 17.0 Å². The molecule has 4 nitrogen and oxygen atoms in total. The smallest absolute Gasteiger partial charge is 0.244 e. The van der Waals surface area contributed by atoms with Gasteiger partial charge in [0.2, 0.25) is 5.91 Å². The molecule has 1 fully saturated rings. The largest absolute Gasteiger partial charge is 0.378 e. The first-order chi connectivity index (χ1) is 9.49. The standard InChI is InChI=1S/C14H18Cl2N2O2/c1-9-7-12(16)13(8-11(9)15)17-10(2)14(19)18-3-5-20-6-4-18/h7-8,10,17H,3-6H2,1-2H3. The maximum absolute atomic E-state index is 12.3. The summed E-state index contributed by atoms with van der Waals surface area (Å²) in [4.78, 5) is 14.1. The second-order valence-electron chi connectivity index (χ2n) is 4.88. The Hall–Kier alpha value is -0.970. The van der Waals surface area contributed by atoms with Gasteiger partial charge in [-0.15, -0.1) is 0 Å². The van der Waals surface area contributed by atoms with E-state index in [1.807, 2.05) is 13.8 Å². The van der Waals surface area contributed by atoms with Crippen LogP contribution in [-0.2, 0) is 9.53 Å². The van der Waals surface area contributed by atoms with Crippen molar-refractivity contribution in [1.82, 2.24) is 4.90 Å². The van der Waals surface area contributed by atoms with E-state index < -0.39 is 0 Å². The Morgan fingerprint density at radius 1 is 1.30 bits per heavy atom. The first-order valence-electron chi connectivity index (χ1n) is 6.57. The number of anilines is 1. The van der Waals surface area contributed by atoms with E-state index in [0.29, 0.717) is 42.0 Å². The molecule has 1 atom stereocenters. The molecule has 1 aromatic carbocycles. The van der Waals surface area contributed by atoms with E-state index in [4.69, 9.17) is 27.9 Å². The maximum Gasteiger partial charge on any atom is 0.244 e. The number of rotatable bonds is 3. The van der Waals surface area contributed by atoms with Crippen LogP contribution in [0.4, 0.5) is 5.69 Å². The zero-order chi connectivity index (χ0) is 14.7. The van der Waals surface area contributed by atoms with Gasteiger partial charge in [0.25, 0.3) is 0 Å². The number of benzene rings is 1. The second kappa shape index (κ2) is 6.66. The van der Waals surface area contributed by atoms with E-state index in [9.17, 15) is 4.79 Å². The van der Waals surface area contributed by atoms with Crippen molar-refractivity contribution in [2.45, 2.75) is 19.9 Å². The molecule has 1 amide bonds. The molecule has 20 heavy (non-hydrogen) atoms. The van der Waals surface area contributed by atoms with Crippen molar-refractivity contribution in [2.75, 3.05) is 31.6 Å². The fourth-order valence-electron chi connectivity index (χ4n) is 2.11. The number of amides is 1. The second-order valence-corrected chi connectivity index (χ2v) is 5.70. The number of hydrogen-bond donors (Lipinski definition) is 1. The normalized spacial score (nSPS) is 16.9. The highest BCUT2D eigenvalue weighted by atomic mass is 35.5. The van der Waals surface area contributed by atoms with Crippen molar-refractivity contribution < 1.29 is 9.53 Å². The first-order valence-corrected chi connectivity index (χ1v) is 7.33. The third kappa shape index (κ3) is 3.57. The quantitative estimate of drug-likeness (QED) is 0.932. The lowest BCUT2D eigenvalue weighted by molar-refractivity contribution is -0.135. The van der Waals surface area contributed by atoms with Crippen molar-refractivity contribution >= 4 is 34.8 Å². The van der Waals surface area contributed by atoms with Crippen molar-refractivity contribution in [1.29, 1.82) is 0 Å². The van der Waals surface area contributed by atoms with Gasteiger partial charge in [-0.3, -0.25) is 4.79 Å². The molecule has 0 aliphatic carbocycles. The minimum absolute atomic E-state index is 0.0427. The number of aryl methyl sites for hydroxylation is 1. The van der Waals surface area contributed by atoms with Gasteiger partial charge in [0.1, 0.15) is 6.04 Å². The molecule has 0 radical (unpaired) electrons. The average Bonchev–Trinajstić information content (AvgIpc) is 2.44. The van der Waals surface area contributed by atoms with Gasteiger partial charge in [0, 0.05) is 18.1 Å². The third-order valence-electron chi connectivity index (χ3n) is 3.31. The highest BCUT2D eigenvalue weighted by molar-refractivity contribution is 6.35. The number of nitrogens with zero attached hydrogens (tertiary/aromatic N) is 1. The minimum atomic E-state index is -0.357. The molecule has 1 N–H and O–H groups in total. The van der Waals surface area contributed by atoms with Crippen LogP contribution in [-0.4, -0.2) is 43.2 Å². The van der Waals surface area contributed by atoms with Crippen LogP contribution in [0, 0.1) is 6.92 Å². The molecule has 1 unspecified atom stereocenters. The lowest BCUT2D eigenvalue weighted by atomic mass is 10.2. The highest BCUT2D eigenvalue weighted by Crippen LogP contribution is 2.29. The molecule has 0 spiro atoms. The lowest BCUT2D eigenvalue weighted by Gasteiger charge is -2.30. The minimum Gasteiger partial charge on any atom is -0.378 e. The number of carbonyl (C=O) groups excluding carboxylic acids is 1. The monoisotopic (exact) mass is 316 g/mol. The van der Waals surface area contributed by atoms with Crippen molar-refractivity contribution in [2.24, 2.45) is 0 Å². The Balaban J connectivity index is 2.05. The van der Waals surface area contributed by atoms with Gasteiger partial charge in [-0.1, -0.05) is 23.2 Å². The van der Waals surface area contributed by atoms with Crippen LogP contribution in [0.5, 0.6) is 0 Å². The zero-order valence-corrected chi connectivity index (χ0v) is 13.1. The van der Waals surface area contributed by atoms with Crippen molar-refractivity contribution in [3.63, 3.8) is 0 Å². The lowest BCUT2D eigenvalue weighted by Crippen LogP contribution is -2.47. The van der Waals surface area contributed by atoms with Gasteiger partial charge in [-0.25, -0.2) is 0 Å². The van der Waals surface area contributed by atoms with Crippen LogP contribution >= 0.6 is 23.2 Å². The Bertz CT molecular complexity index is 502. The number of carbonyl (C=O) groups is 1. The summed E-state index contributed by atoms with van der Waals surface area (Å²) >= 11 is 12.3. The zero-order valence-electron chi connectivity index (χ0n) is 11.6.